The number of nitrogens with one attached hydrogen (secondary N) is 2. The van der Waals surface area contributed by atoms with E-state index in [4.69, 9.17) is 0 Å². The molecule has 0 aliphatic carbocycles. The lowest BCUT2D eigenvalue weighted by Crippen LogP contribution is -2.46. The molecule has 1 aliphatic rings. The lowest BCUT2D eigenvalue weighted by Gasteiger charge is -2.32. The van der Waals surface area contributed by atoms with Gasteiger partial charge in [0, 0.05) is 25.7 Å². The lowest BCUT2D eigenvalue weighted by molar-refractivity contribution is -0.128. The second-order valence-corrected chi connectivity index (χ2v) is 8.55. The minimum absolute atomic E-state index is 0.0652. The van der Waals surface area contributed by atoms with Gasteiger partial charge in [0.2, 0.25) is 11.8 Å². The molecule has 1 saturated heterocycles. The third-order valence-corrected chi connectivity index (χ3v) is 6.30. The van der Waals surface area contributed by atoms with Crippen molar-refractivity contribution in [3.05, 3.63) is 59.4 Å². The number of aryl methyl sites for hydroxylation is 2. The van der Waals surface area contributed by atoms with E-state index in [0.29, 0.717) is 30.8 Å². The summed E-state index contributed by atoms with van der Waals surface area (Å²) in [4.78, 5) is 40.1. The van der Waals surface area contributed by atoms with Crippen molar-refractivity contribution in [2.24, 2.45) is 13.0 Å². The van der Waals surface area contributed by atoms with Crippen LogP contribution in [0.3, 0.4) is 0 Å². The van der Waals surface area contributed by atoms with Crippen LogP contribution >= 0.6 is 0 Å². The molecule has 0 spiro atoms. The van der Waals surface area contributed by atoms with Gasteiger partial charge in [-0.25, -0.2) is 0 Å². The number of hydrogen-bond donors (Lipinski definition) is 2. The Balaban J connectivity index is 1.36. The summed E-state index contributed by atoms with van der Waals surface area (Å²) >= 11 is 0. The van der Waals surface area contributed by atoms with Gasteiger partial charge in [-0.05, 0) is 43.5 Å². The summed E-state index contributed by atoms with van der Waals surface area (Å²) in [7, 11) is 1.81. The molecule has 172 valence electrons. The van der Waals surface area contributed by atoms with Crippen molar-refractivity contribution >= 4 is 34.2 Å². The molecule has 2 N–H and O–H groups in total. The molecule has 0 radical (unpaired) electrons. The smallest absolute Gasteiger partial charge is 0.254 e. The van der Waals surface area contributed by atoms with Crippen LogP contribution in [0, 0.1) is 19.8 Å². The van der Waals surface area contributed by atoms with Crippen molar-refractivity contribution in [1.82, 2.24) is 20.0 Å². The Morgan fingerprint density at radius 1 is 1.09 bits per heavy atom. The van der Waals surface area contributed by atoms with Crippen molar-refractivity contribution in [2.45, 2.75) is 26.7 Å². The highest BCUT2D eigenvalue weighted by atomic mass is 16.2. The lowest BCUT2D eigenvalue weighted by atomic mass is 9.95. The number of hydrogen-bond acceptors (Lipinski definition) is 4. The molecule has 1 atom stereocenters. The third-order valence-electron chi connectivity index (χ3n) is 6.30. The van der Waals surface area contributed by atoms with Gasteiger partial charge in [-0.3, -0.25) is 19.1 Å². The maximum absolute atomic E-state index is 13.2. The summed E-state index contributed by atoms with van der Waals surface area (Å²) in [5.41, 5.74) is 2.89. The minimum Gasteiger partial charge on any atom is -0.347 e. The normalized spacial score (nSPS) is 16.0. The summed E-state index contributed by atoms with van der Waals surface area (Å²) in [6.45, 7) is 4.53. The number of fused-ring (bicyclic) bond motifs is 1. The number of aromatic nitrogens is 2. The molecule has 8 nitrogen and oxygen atoms in total. The monoisotopic (exact) mass is 447 g/mol. The molecule has 1 fully saturated rings. The van der Waals surface area contributed by atoms with E-state index >= 15 is 0 Å². The average molecular weight is 448 g/mol. The summed E-state index contributed by atoms with van der Waals surface area (Å²) in [5, 5.41) is 11.8. The number of nitrogens with zero attached hydrogens (tertiary/aromatic N) is 3. The zero-order valence-corrected chi connectivity index (χ0v) is 19.2. The number of benzene rings is 2. The van der Waals surface area contributed by atoms with Crippen LogP contribution in [0.25, 0.3) is 10.8 Å². The van der Waals surface area contributed by atoms with E-state index in [9.17, 15) is 14.4 Å². The molecule has 0 bridgehead atoms. The molecule has 3 amide bonds. The van der Waals surface area contributed by atoms with Gasteiger partial charge in [0.15, 0.2) is 0 Å². The fraction of sp³-hybridized carbons (Fsp3) is 0.360. The Kier molecular flexibility index (Phi) is 6.44. The van der Waals surface area contributed by atoms with Crippen LogP contribution in [0.5, 0.6) is 0 Å². The molecular formula is C25H29N5O3. The number of rotatable bonds is 5. The Morgan fingerprint density at radius 3 is 2.61 bits per heavy atom. The summed E-state index contributed by atoms with van der Waals surface area (Å²) in [5.74, 6) is -0.917. The van der Waals surface area contributed by atoms with Crippen LogP contribution in [0.4, 0.5) is 5.69 Å². The quantitative estimate of drug-likeness (QED) is 0.629. The van der Waals surface area contributed by atoms with E-state index in [1.54, 1.807) is 9.58 Å². The van der Waals surface area contributed by atoms with Crippen molar-refractivity contribution in [3.63, 3.8) is 0 Å². The molecule has 8 heteroatoms. The maximum atomic E-state index is 13.2. The second kappa shape index (κ2) is 9.44. The Labute approximate surface area is 192 Å². The molecule has 3 aromatic rings. The summed E-state index contributed by atoms with van der Waals surface area (Å²) in [6, 6.07) is 13.5. The van der Waals surface area contributed by atoms with Gasteiger partial charge in [0.25, 0.3) is 5.91 Å². The third kappa shape index (κ3) is 4.74. The maximum Gasteiger partial charge on any atom is 0.254 e. The molecule has 0 saturated carbocycles. The summed E-state index contributed by atoms with van der Waals surface area (Å²) < 4.78 is 1.70. The molecule has 2 aromatic carbocycles. The van der Waals surface area contributed by atoms with E-state index in [0.717, 1.165) is 28.6 Å². The number of piperidine rings is 1. The Bertz CT molecular complexity index is 1210. The minimum atomic E-state index is -0.340. The van der Waals surface area contributed by atoms with Crippen LogP contribution in [0.1, 0.15) is 34.6 Å². The van der Waals surface area contributed by atoms with Crippen molar-refractivity contribution in [1.29, 1.82) is 0 Å². The topological polar surface area (TPSA) is 96.3 Å². The first-order chi connectivity index (χ1) is 15.8. The van der Waals surface area contributed by atoms with Gasteiger partial charge < -0.3 is 15.5 Å². The van der Waals surface area contributed by atoms with E-state index in [2.05, 4.69) is 15.7 Å². The molecule has 1 aliphatic heterocycles. The van der Waals surface area contributed by atoms with Crippen LogP contribution in [-0.2, 0) is 16.6 Å². The van der Waals surface area contributed by atoms with Crippen LogP contribution in [0.2, 0.25) is 0 Å². The van der Waals surface area contributed by atoms with Gasteiger partial charge >= 0.3 is 0 Å². The fourth-order valence-electron chi connectivity index (χ4n) is 4.41. The zero-order chi connectivity index (χ0) is 23.5. The Morgan fingerprint density at radius 2 is 1.85 bits per heavy atom. The fourth-order valence-corrected chi connectivity index (χ4v) is 4.41. The van der Waals surface area contributed by atoms with Gasteiger partial charge in [-0.2, -0.15) is 5.10 Å². The van der Waals surface area contributed by atoms with Gasteiger partial charge in [-0.1, -0.05) is 36.4 Å². The van der Waals surface area contributed by atoms with Crippen molar-refractivity contribution in [3.8, 4) is 0 Å². The highest BCUT2D eigenvalue weighted by Gasteiger charge is 2.29. The van der Waals surface area contributed by atoms with E-state index in [1.165, 1.54) is 0 Å². The number of anilines is 1. The van der Waals surface area contributed by atoms with Crippen LogP contribution in [-0.4, -0.2) is 52.0 Å². The largest absolute Gasteiger partial charge is 0.347 e. The molecule has 2 heterocycles. The predicted octanol–water partition coefficient (Wildman–Crippen LogP) is 2.80. The van der Waals surface area contributed by atoms with Crippen LogP contribution < -0.4 is 10.6 Å². The Hall–Kier alpha value is -3.68. The van der Waals surface area contributed by atoms with Gasteiger partial charge in [0.05, 0.1) is 29.5 Å². The average Bonchev–Trinajstić information content (AvgIpc) is 3.07. The highest BCUT2D eigenvalue weighted by Crippen LogP contribution is 2.24. The highest BCUT2D eigenvalue weighted by molar-refractivity contribution is 6.07. The summed E-state index contributed by atoms with van der Waals surface area (Å²) in [6.07, 6.45) is 1.43. The standard InChI is InChI=1S/C25H29N5O3/c1-16-23(17(2)29(3)28-16)27-22(31)14-26-24(32)19-10-7-13-30(15-19)25(33)21-12-6-9-18-8-4-5-11-20(18)21/h4-6,8-9,11-12,19H,7,10,13-15H2,1-3H3,(H,26,32)(H,27,31)/t19-/m1/s1. The SMILES string of the molecule is Cc1nn(C)c(C)c1NC(=O)CNC(=O)[C@@H]1CCCN(C(=O)c2cccc3ccccc23)C1. The molecular weight excluding hydrogens is 418 g/mol. The predicted molar refractivity (Wildman–Crippen MR) is 127 cm³/mol. The number of carbonyl (C=O) groups is 3. The van der Waals surface area contributed by atoms with E-state index in [1.807, 2.05) is 63.4 Å². The second-order valence-electron chi connectivity index (χ2n) is 8.55. The zero-order valence-electron chi connectivity index (χ0n) is 19.2. The van der Waals surface area contributed by atoms with Crippen molar-refractivity contribution in [2.75, 3.05) is 25.0 Å². The van der Waals surface area contributed by atoms with E-state index in [-0.39, 0.29) is 30.2 Å². The van der Waals surface area contributed by atoms with Gasteiger partial charge in [-0.15, -0.1) is 0 Å². The first-order valence-corrected chi connectivity index (χ1v) is 11.2. The van der Waals surface area contributed by atoms with E-state index < -0.39 is 0 Å². The van der Waals surface area contributed by atoms with Crippen molar-refractivity contribution < 1.29 is 14.4 Å². The molecule has 4 rings (SSSR count). The number of likely N-dealkylation sites (tertiary alicyclic amines) is 1. The molecule has 1 aromatic heterocycles. The number of amides is 3. The first-order valence-electron chi connectivity index (χ1n) is 11.2. The molecule has 0 unspecified atom stereocenters. The molecule has 33 heavy (non-hydrogen) atoms. The van der Waals surface area contributed by atoms with Gasteiger partial charge in [0.1, 0.15) is 0 Å². The number of carbonyl (C=O) groups excluding carboxylic acids is 3. The first kappa shape index (κ1) is 22.5. The van der Waals surface area contributed by atoms with Crippen LogP contribution in [0.15, 0.2) is 42.5 Å².